The van der Waals surface area contributed by atoms with Crippen LogP contribution >= 0.6 is 35.0 Å². The molecule has 2 rings (SSSR count). The van der Waals surface area contributed by atoms with E-state index in [9.17, 15) is 19.2 Å². The van der Waals surface area contributed by atoms with Crippen molar-refractivity contribution in [3.63, 3.8) is 0 Å². The largest absolute Gasteiger partial charge is 0.353 e. The number of amides is 4. The zero-order valence-electron chi connectivity index (χ0n) is 15.3. The number of carbonyl (C=O) groups is 4. The molecule has 4 amide bonds. The first-order valence-corrected chi connectivity index (χ1v) is 10.1. The van der Waals surface area contributed by atoms with Crippen LogP contribution in [0.5, 0.6) is 0 Å². The number of hydrogen-bond acceptors (Lipinski definition) is 5. The van der Waals surface area contributed by atoms with Crippen molar-refractivity contribution in [3.8, 4) is 0 Å². The third kappa shape index (κ3) is 5.73. The van der Waals surface area contributed by atoms with Crippen molar-refractivity contribution in [1.82, 2.24) is 15.5 Å². The minimum atomic E-state index is -0.700. The Balaban J connectivity index is 1.94. The molecule has 1 atom stereocenters. The predicted molar refractivity (Wildman–Crippen MR) is 110 cm³/mol. The summed E-state index contributed by atoms with van der Waals surface area (Å²) in [6, 6.07) is 4.14. The quantitative estimate of drug-likeness (QED) is 0.631. The van der Waals surface area contributed by atoms with Gasteiger partial charge in [-0.1, -0.05) is 36.2 Å². The molecule has 10 heteroatoms. The first-order chi connectivity index (χ1) is 13.2. The van der Waals surface area contributed by atoms with Crippen molar-refractivity contribution in [2.75, 3.05) is 13.1 Å². The number of halogens is 2. The van der Waals surface area contributed by atoms with Gasteiger partial charge in [0.2, 0.25) is 11.8 Å². The minimum Gasteiger partial charge on any atom is -0.353 e. The monoisotopic (exact) mass is 443 g/mol. The van der Waals surface area contributed by atoms with Gasteiger partial charge in [0.1, 0.15) is 6.04 Å². The first-order valence-electron chi connectivity index (χ1n) is 8.50. The van der Waals surface area contributed by atoms with Crippen LogP contribution in [0, 0.1) is 0 Å². The molecule has 0 aliphatic carbocycles. The molecule has 1 aliphatic rings. The van der Waals surface area contributed by atoms with Gasteiger partial charge in [-0.25, -0.2) is 0 Å². The topological polar surface area (TPSA) is 95.6 Å². The zero-order valence-corrected chi connectivity index (χ0v) is 17.6. The van der Waals surface area contributed by atoms with E-state index < -0.39 is 23.1 Å². The van der Waals surface area contributed by atoms with Crippen LogP contribution in [0.1, 0.15) is 25.8 Å². The highest BCUT2D eigenvalue weighted by Gasteiger charge is 2.34. The van der Waals surface area contributed by atoms with E-state index in [1.165, 1.54) is 6.08 Å². The number of thioether (sulfide) groups is 1. The van der Waals surface area contributed by atoms with Crippen LogP contribution in [0.3, 0.4) is 0 Å². The van der Waals surface area contributed by atoms with Gasteiger partial charge in [-0.15, -0.1) is 0 Å². The average molecular weight is 444 g/mol. The number of nitrogens with zero attached hydrogens (tertiary/aromatic N) is 1. The minimum absolute atomic E-state index is 0.0243. The van der Waals surface area contributed by atoms with Crippen molar-refractivity contribution in [2.45, 2.75) is 26.3 Å². The lowest BCUT2D eigenvalue weighted by Crippen LogP contribution is -2.46. The van der Waals surface area contributed by atoms with Crippen LogP contribution in [0.4, 0.5) is 4.79 Å². The average Bonchev–Trinajstić information content (AvgIpc) is 2.91. The van der Waals surface area contributed by atoms with Gasteiger partial charge in [0, 0.05) is 29.6 Å². The Kier molecular flexibility index (Phi) is 7.91. The summed E-state index contributed by atoms with van der Waals surface area (Å²) >= 11 is 12.8. The highest BCUT2D eigenvalue weighted by molar-refractivity contribution is 8.18. The third-order valence-electron chi connectivity index (χ3n) is 3.85. The van der Waals surface area contributed by atoms with Gasteiger partial charge in [0.05, 0.1) is 4.91 Å². The van der Waals surface area contributed by atoms with Gasteiger partial charge in [-0.05, 0) is 42.5 Å². The number of imide groups is 1. The van der Waals surface area contributed by atoms with Crippen molar-refractivity contribution >= 4 is 64.0 Å². The van der Waals surface area contributed by atoms with Gasteiger partial charge < -0.3 is 10.6 Å². The Hall–Kier alpha value is -2.03. The summed E-state index contributed by atoms with van der Waals surface area (Å²) in [5.74, 6) is -1.08. The highest BCUT2D eigenvalue weighted by Crippen LogP contribution is 2.33. The summed E-state index contributed by atoms with van der Waals surface area (Å²) in [5.41, 5.74) is 0.574. The van der Waals surface area contributed by atoms with Crippen LogP contribution in [0.25, 0.3) is 6.08 Å². The van der Waals surface area contributed by atoms with Crippen LogP contribution in [-0.4, -0.2) is 47.0 Å². The lowest BCUT2D eigenvalue weighted by Gasteiger charge is -2.16. The Morgan fingerprint density at radius 2 is 2.00 bits per heavy atom. The molecule has 0 bridgehead atoms. The van der Waals surface area contributed by atoms with E-state index in [-0.39, 0.29) is 30.3 Å². The molecule has 1 aromatic rings. The molecule has 0 spiro atoms. The third-order valence-corrected chi connectivity index (χ3v) is 5.32. The van der Waals surface area contributed by atoms with E-state index >= 15 is 0 Å². The van der Waals surface area contributed by atoms with Crippen LogP contribution in [-0.2, 0) is 14.4 Å². The maximum absolute atomic E-state index is 12.5. The number of carbonyl (C=O) groups excluding carboxylic acids is 4. The summed E-state index contributed by atoms with van der Waals surface area (Å²) in [6.07, 6.45) is 1.81. The lowest BCUT2D eigenvalue weighted by molar-refractivity contribution is -0.128. The van der Waals surface area contributed by atoms with Crippen molar-refractivity contribution in [2.24, 2.45) is 0 Å². The Morgan fingerprint density at radius 3 is 2.64 bits per heavy atom. The molecule has 1 fully saturated rings. The second-order valence-electron chi connectivity index (χ2n) is 5.93. The number of nitrogens with one attached hydrogen (secondary N) is 2. The molecule has 1 unspecified atom stereocenters. The first kappa shape index (κ1) is 22.3. The fourth-order valence-corrected chi connectivity index (χ4v) is 3.62. The van der Waals surface area contributed by atoms with Crippen molar-refractivity contribution < 1.29 is 19.2 Å². The Labute approximate surface area is 176 Å². The summed E-state index contributed by atoms with van der Waals surface area (Å²) < 4.78 is 0. The molecule has 150 valence electrons. The molecule has 1 aliphatic heterocycles. The molecule has 7 nitrogen and oxygen atoms in total. The molecule has 1 aromatic carbocycles. The van der Waals surface area contributed by atoms with Gasteiger partial charge in [-0.2, -0.15) is 0 Å². The molecule has 28 heavy (non-hydrogen) atoms. The fraction of sp³-hybridized carbons (Fsp3) is 0.333. The number of rotatable bonds is 7. The zero-order chi connectivity index (χ0) is 20.8. The summed E-state index contributed by atoms with van der Waals surface area (Å²) in [7, 11) is 0. The molecule has 0 saturated carbocycles. The van der Waals surface area contributed by atoms with E-state index in [2.05, 4.69) is 10.6 Å². The highest BCUT2D eigenvalue weighted by atomic mass is 35.5. The van der Waals surface area contributed by atoms with E-state index in [1.807, 2.05) is 0 Å². The predicted octanol–water partition coefficient (Wildman–Crippen LogP) is 3.06. The van der Waals surface area contributed by atoms with Crippen LogP contribution in [0.15, 0.2) is 23.1 Å². The molecule has 1 saturated heterocycles. The summed E-state index contributed by atoms with van der Waals surface area (Å²) in [5, 5.41) is 5.54. The van der Waals surface area contributed by atoms with Crippen molar-refractivity contribution in [3.05, 3.63) is 38.7 Å². The number of hydrogen-bond donors (Lipinski definition) is 2. The van der Waals surface area contributed by atoms with Crippen LogP contribution in [0.2, 0.25) is 10.0 Å². The second kappa shape index (κ2) is 9.95. The van der Waals surface area contributed by atoms with Crippen molar-refractivity contribution in [1.29, 1.82) is 0 Å². The summed E-state index contributed by atoms with van der Waals surface area (Å²) in [6.45, 7) is 3.35. The van der Waals surface area contributed by atoms with Gasteiger partial charge in [0.25, 0.3) is 11.1 Å². The Morgan fingerprint density at radius 1 is 1.29 bits per heavy atom. The Bertz CT molecular complexity index is 844. The van der Waals surface area contributed by atoms with Gasteiger partial charge >= 0.3 is 0 Å². The summed E-state index contributed by atoms with van der Waals surface area (Å²) in [4.78, 5) is 49.1. The maximum Gasteiger partial charge on any atom is 0.293 e. The fourth-order valence-electron chi connectivity index (χ4n) is 2.31. The maximum atomic E-state index is 12.5. The lowest BCUT2D eigenvalue weighted by atomic mass is 10.2. The molecule has 0 aromatic heterocycles. The normalized spacial score (nSPS) is 16.4. The van der Waals surface area contributed by atoms with Gasteiger partial charge in [0.15, 0.2) is 0 Å². The van der Waals surface area contributed by atoms with E-state index in [0.29, 0.717) is 15.6 Å². The van der Waals surface area contributed by atoms with Gasteiger partial charge in [-0.3, -0.25) is 24.1 Å². The molecular formula is C18H19Cl2N3O4S. The van der Waals surface area contributed by atoms with E-state index in [4.69, 9.17) is 23.2 Å². The molecule has 0 radical (unpaired) electrons. The number of benzene rings is 1. The molecule has 1 heterocycles. The van der Waals surface area contributed by atoms with E-state index in [1.54, 1.807) is 32.0 Å². The van der Waals surface area contributed by atoms with E-state index in [0.717, 1.165) is 16.7 Å². The molecule has 2 N–H and O–H groups in total. The van der Waals surface area contributed by atoms with Crippen LogP contribution < -0.4 is 10.6 Å². The second-order valence-corrected chi connectivity index (χ2v) is 7.77. The standard InChI is InChI=1S/C18H19Cl2N3O4S/c1-3-15(24)22-10(2)16(25)21-6-7-23-17(26)14(28-18(23)27)8-11-4-5-12(19)9-13(11)20/h4-5,8-10H,3,6-7H2,1-2H3,(H,21,25)(H,22,24). The molecular weight excluding hydrogens is 425 g/mol. The SMILES string of the molecule is CCC(=O)NC(C)C(=O)NCCN1C(=O)SC(=Cc2ccc(Cl)cc2Cl)C1=O. The smallest absolute Gasteiger partial charge is 0.293 e.